The highest BCUT2D eigenvalue weighted by Gasteiger charge is 2.18. The first-order chi connectivity index (χ1) is 13.0. The summed E-state index contributed by atoms with van der Waals surface area (Å²) in [5.41, 5.74) is 1.09. The van der Waals surface area contributed by atoms with E-state index in [0.29, 0.717) is 11.3 Å². The summed E-state index contributed by atoms with van der Waals surface area (Å²) in [5.74, 6) is -0.488. The lowest BCUT2D eigenvalue weighted by Gasteiger charge is -2.11. The second-order valence-electron chi connectivity index (χ2n) is 6.44. The molecule has 0 aliphatic carbocycles. The highest BCUT2D eigenvalue weighted by molar-refractivity contribution is 7.89. The molecule has 10 heteroatoms. The third-order valence-electron chi connectivity index (χ3n) is 3.82. The number of anilines is 1. The van der Waals surface area contributed by atoms with Crippen molar-refractivity contribution < 1.29 is 21.6 Å². The Kier molecular flexibility index (Phi) is 6.60. The van der Waals surface area contributed by atoms with E-state index >= 15 is 0 Å². The van der Waals surface area contributed by atoms with E-state index in [-0.39, 0.29) is 21.4 Å². The van der Waals surface area contributed by atoms with Crippen LogP contribution in [0.1, 0.15) is 29.8 Å². The van der Waals surface area contributed by atoms with E-state index < -0.39 is 26.0 Å². The Bertz CT molecular complexity index is 1080. The molecule has 2 aromatic rings. The Morgan fingerprint density at radius 3 is 2.07 bits per heavy atom. The molecule has 0 aromatic heterocycles. The van der Waals surface area contributed by atoms with Gasteiger partial charge in [0.25, 0.3) is 5.91 Å². The molecule has 8 nitrogen and oxygen atoms in total. The summed E-state index contributed by atoms with van der Waals surface area (Å²) in [5, 5.41) is 2.62. The lowest BCUT2D eigenvalue weighted by molar-refractivity contribution is 0.102. The van der Waals surface area contributed by atoms with Gasteiger partial charge in [-0.2, -0.15) is 0 Å². The highest BCUT2D eigenvalue weighted by atomic mass is 32.2. The van der Waals surface area contributed by atoms with Gasteiger partial charge in [0.15, 0.2) is 0 Å². The minimum Gasteiger partial charge on any atom is -0.322 e. The number of carbonyl (C=O) groups excluding carboxylic acids is 1. The number of sulfonamides is 2. The zero-order valence-electron chi connectivity index (χ0n) is 16.0. The normalized spacial score (nSPS) is 12.2. The van der Waals surface area contributed by atoms with Gasteiger partial charge in [0.1, 0.15) is 0 Å². The molecule has 3 N–H and O–H groups in total. The van der Waals surface area contributed by atoms with Gasteiger partial charge >= 0.3 is 0 Å². The summed E-state index contributed by atoms with van der Waals surface area (Å²) in [6, 6.07) is 9.76. The van der Waals surface area contributed by atoms with Gasteiger partial charge in [0.2, 0.25) is 20.0 Å². The fraction of sp³-hybridized carbons (Fsp3) is 0.278. The van der Waals surface area contributed by atoms with Crippen molar-refractivity contribution in [1.29, 1.82) is 0 Å². The molecule has 0 aliphatic rings. The molecule has 0 heterocycles. The summed E-state index contributed by atoms with van der Waals surface area (Å²) < 4.78 is 53.1. The number of hydrogen-bond acceptors (Lipinski definition) is 5. The van der Waals surface area contributed by atoms with Crippen molar-refractivity contribution in [2.45, 2.75) is 36.6 Å². The topological polar surface area (TPSA) is 121 Å². The Hall–Kier alpha value is -2.27. The maximum absolute atomic E-state index is 12.4. The molecule has 0 bridgehead atoms. The van der Waals surface area contributed by atoms with Gasteiger partial charge in [-0.1, -0.05) is 6.07 Å². The van der Waals surface area contributed by atoms with Crippen molar-refractivity contribution in [2.75, 3.05) is 12.4 Å². The summed E-state index contributed by atoms with van der Waals surface area (Å²) >= 11 is 0. The predicted molar refractivity (Wildman–Crippen MR) is 107 cm³/mol. The fourth-order valence-corrected chi connectivity index (χ4v) is 4.69. The van der Waals surface area contributed by atoms with Crippen LogP contribution in [0.4, 0.5) is 5.69 Å². The summed E-state index contributed by atoms with van der Waals surface area (Å²) in [6.45, 7) is 5.08. The standard InChI is InChI=1S/C18H23N3O5S2/c1-12(2)21-27(23,24)16-9-6-14(7-10-16)18(22)20-15-8-5-13(3)17(11-15)28(25,26)19-4/h5-12,19,21H,1-4H3,(H,20,22). The van der Waals surface area contributed by atoms with E-state index in [1.165, 1.54) is 37.4 Å². The molecular formula is C18H23N3O5S2. The van der Waals surface area contributed by atoms with Gasteiger partial charge in [-0.25, -0.2) is 26.3 Å². The van der Waals surface area contributed by atoms with Crippen molar-refractivity contribution in [1.82, 2.24) is 9.44 Å². The van der Waals surface area contributed by atoms with Crippen LogP contribution in [0, 0.1) is 6.92 Å². The highest BCUT2D eigenvalue weighted by Crippen LogP contribution is 2.21. The SMILES string of the molecule is CNS(=O)(=O)c1cc(NC(=O)c2ccc(S(=O)(=O)NC(C)C)cc2)ccc1C. The quantitative estimate of drug-likeness (QED) is 0.625. The van der Waals surface area contributed by atoms with Crippen LogP contribution in [0.25, 0.3) is 0 Å². The van der Waals surface area contributed by atoms with E-state index in [1.54, 1.807) is 32.9 Å². The molecular weight excluding hydrogens is 402 g/mol. The molecule has 28 heavy (non-hydrogen) atoms. The third-order valence-corrected chi connectivity index (χ3v) is 7.05. The number of carbonyl (C=O) groups is 1. The van der Waals surface area contributed by atoms with E-state index in [9.17, 15) is 21.6 Å². The zero-order chi connectivity index (χ0) is 21.1. The van der Waals surface area contributed by atoms with E-state index in [1.807, 2.05) is 0 Å². The molecule has 0 fully saturated rings. The lowest BCUT2D eigenvalue weighted by atomic mass is 10.2. The van der Waals surface area contributed by atoms with Crippen molar-refractivity contribution in [3.8, 4) is 0 Å². The van der Waals surface area contributed by atoms with Crippen LogP contribution in [0.2, 0.25) is 0 Å². The zero-order valence-corrected chi connectivity index (χ0v) is 17.6. The number of rotatable bonds is 7. The molecule has 2 aromatic carbocycles. The van der Waals surface area contributed by atoms with Gasteiger partial charge < -0.3 is 5.32 Å². The van der Waals surface area contributed by atoms with Gasteiger partial charge in [-0.05, 0) is 69.8 Å². The average Bonchev–Trinajstić information content (AvgIpc) is 2.62. The number of nitrogens with one attached hydrogen (secondary N) is 3. The number of aryl methyl sites for hydroxylation is 1. The number of hydrogen-bond donors (Lipinski definition) is 3. The first kappa shape index (κ1) is 22.0. The number of benzene rings is 2. The van der Waals surface area contributed by atoms with Crippen LogP contribution in [-0.4, -0.2) is 35.8 Å². The minimum atomic E-state index is -3.66. The molecule has 0 atom stereocenters. The minimum absolute atomic E-state index is 0.0514. The molecule has 0 aliphatic heterocycles. The first-order valence-corrected chi connectivity index (χ1v) is 11.4. The summed E-state index contributed by atoms with van der Waals surface area (Å²) in [4.78, 5) is 12.5. The summed E-state index contributed by atoms with van der Waals surface area (Å²) in [6.07, 6.45) is 0. The fourth-order valence-electron chi connectivity index (χ4n) is 2.44. The molecule has 2 rings (SSSR count). The maximum atomic E-state index is 12.4. The molecule has 0 unspecified atom stereocenters. The molecule has 152 valence electrons. The van der Waals surface area contributed by atoms with Gasteiger partial charge in [0, 0.05) is 17.3 Å². The first-order valence-electron chi connectivity index (χ1n) is 8.44. The van der Waals surface area contributed by atoms with Crippen molar-refractivity contribution in [3.05, 3.63) is 53.6 Å². The van der Waals surface area contributed by atoms with Crippen LogP contribution in [0.15, 0.2) is 52.3 Å². The van der Waals surface area contributed by atoms with Gasteiger partial charge in [0.05, 0.1) is 9.79 Å². The monoisotopic (exact) mass is 425 g/mol. The molecule has 0 spiro atoms. The molecule has 0 saturated heterocycles. The Morgan fingerprint density at radius 2 is 1.54 bits per heavy atom. The molecule has 1 amide bonds. The average molecular weight is 426 g/mol. The smallest absolute Gasteiger partial charge is 0.255 e. The summed E-state index contributed by atoms with van der Waals surface area (Å²) in [7, 11) is -6.00. The van der Waals surface area contributed by atoms with E-state index in [4.69, 9.17) is 0 Å². The van der Waals surface area contributed by atoms with Crippen molar-refractivity contribution in [2.24, 2.45) is 0 Å². The Morgan fingerprint density at radius 1 is 0.929 bits per heavy atom. The second-order valence-corrected chi connectivity index (χ2v) is 10.0. The van der Waals surface area contributed by atoms with Crippen LogP contribution in [0.5, 0.6) is 0 Å². The van der Waals surface area contributed by atoms with Crippen LogP contribution in [-0.2, 0) is 20.0 Å². The van der Waals surface area contributed by atoms with Crippen LogP contribution in [0.3, 0.4) is 0 Å². The predicted octanol–water partition coefficient (Wildman–Crippen LogP) is 1.84. The Balaban J connectivity index is 2.23. The van der Waals surface area contributed by atoms with Crippen molar-refractivity contribution >= 4 is 31.6 Å². The van der Waals surface area contributed by atoms with E-state index in [2.05, 4.69) is 14.8 Å². The van der Waals surface area contributed by atoms with Crippen molar-refractivity contribution in [3.63, 3.8) is 0 Å². The van der Waals surface area contributed by atoms with Gasteiger partial charge in [-0.3, -0.25) is 4.79 Å². The Labute approximate surface area is 165 Å². The lowest BCUT2D eigenvalue weighted by Crippen LogP contribution is -2.30. The second kappa shape index (κ2) is 8.39. The van der Waals surface area contributed by atoms with Gasteiger partial charge in [-0.15, -0.1) is 0 Å². The molecule has 0 radical (unpaired) electrons. The maximum Gasteiger partial charge on any atom is 0.255 e. The third kappa shape index (κ3) is 5.16. The number of amides is 1. The largest absolute Gasteiger partial charge is 0.322 e. The van der Waals surface area contributed by atoms with Crippen LogP contribution < -0.4 is 14.8 Å². The molecule has 0 saturated carbocycles. The van der Waals surface area contributed by atoms with E-state index in [0.717, 1.165) is 0 Å². The van der Waals surface area contributed by atoms with Crippen LogP contribution >= 0.6 is 0 Å².